The molecule has 0 radical (unpaired) electrons. The van der Waals surface area contributed by atoms with Crippen molar-refractivity contribution < 1.29 is 18.0 Å². The van der Waals surface area contributed by atoms with Crippen LogP contribution in [0, 0.1) is 13.8 Å². The number of carbonyl (C=O) groups excluding carboxylic acids is 2. The van der Waals surface area contributed by atoms with Crippen molar-refractivity contribution in [2.24, 2.45) is 5.73 Å². The summed E-state index contributed by atoms with van der Waals surface area (Å²) in [6.45, 7) is 3.68. The number of aryl methyl sites for hydroxylation is 1. The number of rotatable bonds is 6. The van der Waals surface area contributed by atoms with E-state index in [2.05, 4.69) is 10.3 Å². The SMILES string of the molecule is Cc1csc(CNC(=O)c2cc(N(C)S(C)(=O)=O)cc(C(N)=O)c2C)n1. The Hall–Kier alpha value is -2.46. The van der Waals surface area contributed by atoms with Gasteiger partial charge in [-0.2, -0.15) is 0 Å². The number of benzene rings is 1. The van der Waals surface area contributed by atoms with Crippen LogP contribution in [0.25, 0.3) is 0 Å². The molecule has 1 aromatic heterocycles. The molecule has 2 amide bonds. The molecule has 8 nitrogen and oxygen atoms in total. The molecule has 3 N–H and O–H groups in total. The van der Waals surface area contributed by atoms with Crippen LogP contribution in [0.2, 0.25) is 0 Å². The summed E-state index contributed by atoms with van der Waals surface area (Å²) in [5.41, 5.74) is 7.09. The van der Waals surface area contributed by atoms with Gasteiger partial charge < -0.3 is 11.1 Å². The highest BCUT2D eigenvalue weighted by Crippen LogP contribution is 2.24. The maximum Gasteiger partial charge on any atom is 0.251 e. The van der Waals surface area contributed by atoms with Crippen LogP contribution >= 0.6 is 11.3 Å². The molecule has 1 aromatic carbocycles. The van der Waals surface area contributed by atoms with Crippen LogP contribution in [0.15, 0.2) is 17.5 Å². The highest BCUT2D eigenvalue weighted by atomic mass is 32.2. The van der Waals surface area contributed by atoms with E-state index in [0.29, 0.717) is 5.56 Å². The van der Waals surface area contributed by atoms with Crippen LogP contribution < -0.4 is 15.4 Å². The minimum Gasteiger partial charge on any atom is -0.366 e. The van der Waals surface area contributed by atoms with Crippen molar-refractivity contribution in [2.75, 3.05) is 17.6 Å². The fourth-order valence-electron chi connectivity index (χ4n) is 2.30. The Morgan fingerprint density at radius 1 is 1.27 bits per heavy atom. The number of sulfonamides is 1. The average molecular weight is 396 g/mol. The first-order valence-corrected chi connectivity index (χ1v) is 10.3. The number of thiazole rings is 1. The molecule has 0 saturated heterocycles. The lowest BCUT2D eigenvalue weighted by molar-refractivity contribution is 0.0950. The lowest BCUT2D eigenvalue weighted by Gasteiger charge is -2.20. The largest absolute Gasteiger partial charge is 0.366 e. The van der Waals surface area contributed by atoms with Gasteiger partial charge in [-0.1, -0.05) is 0 Å². The summed E-state index contributed by atoms with van der Waals surface area (Å²) in [6, 6.07) is 2.78. The maximum absolute atomic E-state index is 12.6. The molecule has 140 valence electrons. The van der Waals surface area contributed by atoms with Gasteiger partial charge in [0.2, 0.25) is 15.9 Å². The molecule has 0 spiro atoms. The van der Waals surface area contributed by atoms with Crippen molar-refractivity contribution in [3.05, 3.63) is 44.9 Å². The molecule has 0 aliphatic heterocycles. The quantitative estimate of drug-likeness (QED) is 0.759. The average Bonchev–Trinajstić information content (AvgIpc) is 2.96. The van der Waals surface area contributed by atoms with Gasteiger partial charge in [0.05, 0.1) is 18.5 Å². The van der Waals surface area contributed by atoms with Crippen molar-refractivity contribution in [1.29, 1.82) is 0 Å². The van der Waals surface area contributed by atoms with Gasteiger partial charge in [-0.25, -0.2) is 13.4 Å². The second-order valence-electron chi connectivity index (χ2n) is 5.83. The zero-order chi connectivity index (χ0) is 19.6. The Morgan fingerprint density at radius 3 is 2.38 bits per heavy atom. The number of carbonyl (C=O) groups is 2. The van der Waals surface area contributed by atoms with Crippen molar-refractivity contribution in [3.8, 4) is 0 Å². The number of amides is 2. The van der Waals surface area contributed by atoms with Gasteiger partial charge in [-0.15, -0.1) is 11.3 Å². The van der Waals surface area contributed by atoms with Crippen LogP contribution in [0.3, 0.4) is 0 Å². The van der Waals surface area contributed by atoms with Gasteiger partial charge in [0.1, 0.15) is 5.01 Å². The van der Waals surface area contributed by atoms with Crippen LogP contribution in [0.4, 0.5) is 5.69 Å². The van der Waals surface area contributed by atoms with Gasteiger partial charge in [-0.05, 0) is 31.5 Å². The van der Waals surface area contributed by atoms with Crippen LogP contribution in [0.1, 0.15) is 37.0 Å². The molecule has 2 aromatic rings. The molecular formula is C16H20N4O4S2. The van der Waals surface area contributed by atoms with E-state index in [0.717, 1.165) is 21.3 Å². The third-order valence-electron chi connectivity index (χ3n) is 3.83. The Labute approximate surface area is 156 Å². The fourth-order valence-corrected chi connectivity index (χ4v) is 3.50. The Kier molecular flexibility index (Phi) is 5.67. The van der Waals surface area contributed by atoms with Gasteiger partial charge in [-0.3, -0.25) is 13.9 Å². The molecule has 0 saturated carbocycles. The van der Waals surface area contributed by atoms with Crippen LogP contribution in [0.5, 0.6) is 0 Å². The minimum atomic E-state index is -3.56. The summed E-state index contributed by atoms with van der Waals surface area (Å²) >= 11 is 1.42. The molecule has 0 unspecified atom stereocenters. The molecular weight excluding hydrogens is 376 g/mol. The molecule has 0 aliphatic carbocycles. The lowest BCUT2D eigenvalue weighted by Crippen LogP contribution is -2.28. The number of hydrogen-bond donors (Lipinski definition) is 2. The summed E-state index contributed by atoms with van der Waals surface area (Å²) in [6.07, 6.45) is 1.03. The number of primary amides is 1. The van der Waals surface area contributed by atoms with Gasteiger partial charge in [0, 0.05) is 29.2 Å². The smallest absolute Gasteiger partial charge is 0.251 e. The zero-order valence-corrected chi connectivity index (χ0v) is 16.5. The topological polar surface area (TPSA) is 122 Å². The summed E-state index contributed by atoms with van der Waals surface area (Å²) in [5.74, 6) is -1.18. The van der Waals surface area contributed by atoms with E-state index in [-0.39, 0.29) is 23.4 Å². The van der Waals surface area contributed by atoms with Crippen LogP contribution in [-0.2, 0) is 16.6 Å². The van der Waals surface area contributed by atoms with Crippen LogP contribution in [-0.4, -0.2) is 38.5 Å². The first kappa shape index (κ1) is 19.9. The number of nitrogens with two attached hydrogens (primary N) is 1. The Morgan fingerprint density at radius 2 is 1.88 bits per heavy atom. The van der Waals surface area contributed by atoms with E-state index in [1.807, 2.05) is 12.3 Å². The highest BCUT2D eigenvalue weighted by molar-refractivity contribution is 7.92. The maximum atomic E-state index is 12.6. The molecule has 10 heteroatoms. The molecule has 2 rings (SSSR count). The second-order valence-corrected chi connectivity index (χ2v) is 8.78. The van der Waals surface area contributed by atoms with Gasteiger partial charge >= 0.3 is 0 Å². The number of anilines is 1. The molecule has 26 heavy (non-hydrogen) atoms. The molecule has 0 aliphatic rings. The highest BCUT2D eigenvalue weighted by Gasteiger charge is 2.21. The first-order valence-electron chi connectivity index (χ1n) is 7.58. The zero-order valence-electron chi connectivity index (χ0n) is 14.9. The third-order valence-corrected chi connectivity index (χ3v) is 6.00. The predicted molar refractivity (Wildman–Crippen MR) is 101 cm³/mol. The Bertz CT molecular complexity index is 967. The number of hydrogen-bond acceptors (Lipinski definition) is 6. The standard InChI is InChI=1S/C16H20N4O4S2/c1-9-8-25-14(19-9)7-18-16(22)13-6-11(20(3)26(4,23)24)5-12(10(13)2)15(17)21/h5-6,8H,7H2,1-4H3,(H2,17,21)(H,18,22). The fraction of sp³-hybridized carbons (Fsp3) is 0.312. The van der Waals surface area contributed by atoms with Gasteiger partial charge in [0.15, 0.2) is 0 Å². The van der Waals surface area contributed by atoms with Crippen molar-refractivity contribution in [3.63, 3.8) is 0 Å². The van der Waals surface area contributed by atoms with Crippen molar-refractivity contribution in [1.82, 2.24) is 10.3 Å². The molecule has 1 heterocycles. The summed E-state index contributed by atoms with van der Waals surface area (Å²) in [5, 5.41) is 5.35. The summed E-state index contributed by atoms with van der Waals surface area (Å²) < 4.78 is 24.6. The van der Waals surface area contributed by atoms with Crippen molar-refractivity contribution >= 4 is 38.9 Å². The van der Waals surface area contributed by atoms with Crippen molar-refractivity contribution in [2.45, 2.75) is 20.4 Å². The molecule has 0 bridgehead atoms. The summed E-state index contributed by atoms with van der Waals surface area (Å²) in [7, 11) is -2.23. The van der Waals surface area contributed by atoms with Gasteiger partial charge in [0.25, 0.3) is 5.91 Å². The normalized spacial score (nSPS) is 11.2. The predicted octanol–water partition coefficient (Wildman–Crippen LogP) is 1.18. The number of nitrogens with zero attached hydrogens (tertiary/aromatic N) is 2. The lowest BCUT2D eigenvalue weighted by atomic mass is 10.00. The number of nitrogens with one attached hydrogen (secondary N) is 1. The van der Waals surface area contributed by atoms with E-state index in [1.54, 1.807) is 6.92 Å². The summed E-state index contributed by atoms with van der Waals surface area (Å²) in [4.78, 5) is 28.6. The minimum absolute atomic E-state index is 0.0910. The van der Waals surface area contributed by atoms with E-state index >= 15 is 0 Å². The monoisotopic (exact) mass is 396 g/mol. The van der Waals surface area contributed by atoms with E-state index < -0.39 is 21.8 Å². The first-order chi connectivity index (χ1) is 12.0. The van der Waals surface area contributed by atoms with E-state index in [9.17, 15) is 18.0 Å². The van der Waals surface area contributed by atoms with E-state index in [1.165, 1.54) is 30.5 Å². The van der Waals surface area contributed by atoms with E-state index in [4.69, 9.17) is 5.73 Å². The molecule has 0 fully saturated rings. The third kappa shape index (κ3) is 4.38. The Balaban J connectivity index is 2.40. The second kappa shape index (κ2) is 7.42. The number of aromatic nitrogens is 1. The molecule has 0 atom stereocenters.